The van der Waals surface area contributed by atoms with Gasteiger partial charge in [-0.05, 0) is 44.2 Å². The number of aromatic nitrogens is 3. The van der Waals surface area contributed by atoms with Crippen LogP contribution < -0.4 is 10.2 Å². The second-order valence-electron chi connectivity index (χ2n) is 7.44. The Morgan fingerprint density at radius 3 is 2.48 bits per heavy atom. The van der Waals surface area contributed by atoms with E-state index in [1.165, 1.54) is 6.42 Å². The van der Waals surface area contributed by atoms with E-state index in [2.05, 4.69) is 25.4 Å². The molecule has 1 amide bonds. The summed E-state index contributed by atoms with van der Waals surface area (Å²) in [7, 11) is -3.46. The number of sulfonamides is 1. The molecule has 4 rings (SSSR count). The summed E-state index contributed by atoms with van der Waals surface area (Å²) in [5, 5.41) is 9.65. The maximum Gasteiger partial charge on any atom is 0.252 e. The van der Waals surface area contributed by atoms with Gasteiger partial charge in [0.2, 0.25) is 17.8 Å². The van der Waals surface area contributed by atoms with E-state index in [0.717, 1.165) is 56.5 Å². The van der Waals surface area contributed by atoms with Crippen LogP contribution in [-0.4, -0.2) is 60.0 Å². The highest BCUT2D eigenvalue weighted by molar-refractivity contribution is 7.91. The number of H-pyrrole nitrogens is 1. The lowest BCUT2D eigenvalue weighted by Gasteiger charge is -2.25. The first kappa shape index (κ1) is 20.3. The van der Waals surface area contributed by atoms with Crippen LogP contribution in [0.3, 0.4) is 0 Å². The number of hydrogen-bond donors (Lipinski definition) is 2. The fourth-order valence-corrected chi connectivity index (χ4v) is 6.73. The zero-order valence-electron chi connectivity index (χ0n) is 16.3. The molecule has 0 atom stereocenters. The fraction of sp³-hybridized carbons (Fsp3) is 0.611. The van der Waals surface area contributed by atoms with E-state index in [9.17, 15) is 13.2 Å². The van der Waals surface area contributed by atoms with Crippen molar-refractivity contribution in [3.05, 3.63) is 17.0 Å². The highest BCUT2D eigenvalue weighted by Crippen LogP contribution is 2.27. The normalized spacial score (nSPS) is 18.7. The third-order valence-electron chi connectivity index (χ3n) is 5.25. The maximum atomic E-state index is 12.7. The van der Waals surface area contributed by atoms with Crippen LogP contribution >= 0.6 is 11.3 Å². The number of nitrogens with one attached hydrogen (secondary N) is 2. The lowest BCUT2D eigenvalue weighted by atomic mass is 10.1. The molecule has 2 aliphatic heterocycles. The van der Waals surface area contributed by atoms with Gasteiger partial charge in [0.05, 0.1) is 6.42 Å². The highest BCUT2D eigenvalue weighted by Gasteiger charge is 2.27. The summed E-state index contributed by atoms with van der Waals surface area (Å²) in [4.78, 5) is 19.5. The molecule has 0 radical (unpaired) electrons. The quantitative estimate of drug-likeness (QED) is 0.715. The Labute approximate surface area is 174 Å². The van der Waals surface area contributed by atoms with Crippen LogP contribution in [0.2, 0.25) is 0 Å². The monoisotopic (exact) mass is 438 g/mol. The van der Waals surface area contributed by atoms with Crippen molar-refractivity contribution in [2.75, 3.05) is 36.4 Å². The predicted molar refractivity (Wildman–Crippen MR) is 112 cm³/mol. The Kier molecular flexibility index (Phi) is 6.16. The van der Waals surface area contributed by atoms with Gasteiger partial charge >= 0.3 is 0 Å². The van der Waals surface area contributed by atoms with Gasteiger partial charge in [-0.1, -0.05) is 6.42 Å². The number of hydrogen-bond acceptors (Lipinski definition) is 7. The van der Waals surface area contributed by atoms with Crippen LogP contribution in [0.15, 0.2) is 16.3 Å². The molecule has 0 aromatic carbocycles. The number of carbonyl (C=O) groups excluding carboxylic acids is 1. The SMILES string of the molecule is O=C(Cc1ccc(S(=O)(=O)N2CCCCC2)s1)Nc1nc(N2CCCCC2)n[nH]1. The second kappa shape index (κ2) is 8.80. The molecule has 29 heavy (non-hydrogen) atoms. The third kappa shape index (κ3) is 4.78. The minimum absolute atomic E-state index is 0.0972. The summed E-state index contributed by atoms with van der Waals surface area (Å²) in [6, 6.07) is 3.31. The molecule has 2 aliphatic rings. The topological polar surface area (TPSA) is 111 Å². The van der Waals surface area contributed by atoms with Gasteiger partial charge in [-0.25, -0.2) is 13.5 Å². The Morgan fingerprint density at radius 2 is 1.76 bits per heavy atom. The van der Waals surface area contributed by atoms with Crippen molar-refractivity contribution in [2.45, 2.75) is 49.2 Å². The van der Waals surface area contributed by atoms with Crippen LogP contribution in [0.5, 0.6) is 0 Å². The van der Waals surface area contributed by atoms with Gasteiger partial charge in [0.1, 0.15) is 4.21 Å². The molecule has 9 nitrogen and oxygen atoms in total. The Balaban J connectivity index is 1.35. The highest BCUT2D eigenvalue weighted by atomic mass is 32.2. The lowest BCUT2D eigenvalue weighted by Crippen LogP contribution is -2.35. The minimum Gasteiger partial charge on any atom is -0.340 e. The molecule has 0 aliphatic carbocycles. The third-order valence-corrected chi connectivity index (χ3v) is 8.70. The van der Waals surface area contributed by atoms with Crippen molar-refractivity contribution in [2.24, 2.45) is 0 Å². The summed E-state index contributed by atoms with van der Waals surface area (Å²) < 4.78 is 27.3. The smallest absolute Gasteiger partial charge is 0.252 e. The zero-order valence-corrected chi connectivity index (χ0v) is 17.9. The molecule has 158 valence electrons. The van der Waals surface area contributed by atoms with Gasteiger partial charge in [-0.2, -0.15) is 9.29 Å². The molecule has 2 N–H and O–H groups in total. The summed E-state index contributed by atoms with van der Waals surface area (Å²) in [5.74, 6) is 0.662. The van der Waals surface area contributed by atoms with Crippen molar-refractivity contribution >= 4 is 39.2 Å². The van der Waals surface area contributed by atoms with E-state index in [0.29, 0.717) is 34.1 Å². The molecule has 2 fully saturated rings. The maximum absolute atomic E-state index is 12.7. The van der Waals surface area contributed by atoms with Gasteiger partial charge in [0.25, 0.3) is 10.0 Å². The molecule has 0 saturated carbocycles. The van der Waals surface area contributed by atoms with Crippen LogP contribution in [0.4, 0.5) is 11.9 Å². The van der Waals surface area contributed by atoms with Crippen molar-refractivity contribution in [1.82, 2.24) is 19.5 Å². The number of amides is 1. The lowest BCUT2D eigenvalue weighted by molar-refractivity contribution is -0.115. The number of rotatable bonds is 6. The number of carbonyl (C=O) groups is 1. The zero-order chi connectivity index (χ0) is 20.3. The molecule has 4 heterocycles. The number of aromatic amines is 1. The van der Waals surface area contributed by atoms with Crippen LogP contribution in [0.25, 0.3) is 0 Å². The van der Waals surface area contributed by atoms with E-state index in [4.69, 9.17) is 0 Å². The molecule has 2 aromatic heterocycles. The Morgan fingerprint density at radius 1 is 1.07 bits per heavy atom. The predicted octanol–water partition coefficient (Wildman–Crippen LogP) is 2.21. The number of anilines is 2. The number of thiophene rings is 1. The molecule has 0 unspecified atom stereocenters. The van der Waals surface area contributed by atoms with Gasteiger partial charge in [-0.3, -0.25) is 10.1 Å². The first-order valence-corrected chi connectivity index (χ1v) is 12.3. The summed E-state index contributed by atoms with van der Waals surface area (Å²) in [6.07, 6.45) is 6.44. The average Bonchev–Trinajstić information content (AvgIpc) is 3.39. The van der Waals surface area contributed by atoms with Crippen LogP contribution in [0, 0.1) is 0 Å². The van der Waals surface area contributed by atoms with Crippen molar-refractivity contribution in [3.8, 4) is 0 Å². The van der Waals surface area contributed by atoms with E-state index in [-0.39, 0.29) is 12.3 Å². The Bertz CT molecular complexity index is 942. The molecule has 2 saturated heterocycles. The number of piperidine rings is 2. The van der Waals surface area contributed by atoms with Gasteiger partial charge in [0.15, 0.2) is 0 Å². The van der Waals surface area contributed by atoms with Crippen molar-refractivity contribution in [3.63, 3.8) is 0 Å². The summed E-state index contributed by atoms with van der Waals surface area (Å²) >= 11 is 1.16. The molecule has 0 bridgehead atoms. The van der Waals surface area contributed by atoms with Gasteiger partial charge < -0.3 is 4.90 Å². The Hall–Kier alpha value is -1.98. The first-order chi connectivity index (χ1) is 14.0. The molecule has 2 aromatic rings. The second-order valence-corrected chi connectivity index (χ2v) is 10.8. The van der Waals surface area contributed by atoms with Gasteiger partial charge in [0, 0.05) is 31.1 Å². The molecular formula is C18H26N6O3S2. The van der Waals surface area contributed by atoms with E-state index >= 15 is 0 Å². The fourth-order valence-electron chi connectivity index (χ4n) is 3.70. The van der Waals surface area contributed by atoms with E-state index in [1.807, 2.05) is 0 Å². The van der Waals surface area contributed by atoms with Crippen LogP contribution in [-0.2, 0) is 21.2 Å². The van der Waals surface area contributed by atoms with E-state index in [1.54, 1.807) is 16.4 Å². The van der Waals surface area contributed by atoms with Crippen molar-refractivity contribution < 1.29 is 13.2 Å². The van der Waals surface area contributed by atoms with Gasteiger partial charge in [-0.15, -0.1) is 16.4 Å². The largest absolute Gasteiger partial charge is 0.340 e. The molecule has 11 heteroatoms. The number of nitrogens with zero attached hydrogens (tertiary/aromatic N) is 4. The van der Waals surface area contributed by atoms with Crippen LogP contribution in [0.1, 0.15) is 43.4 Å². The average molecular weight is 439 g/mol. The van der Waals surface area contributed by atoms with Crippen molar-refractivity contribution in [1.29, 1.82) is 0 Å². The first-order valence-electron chi connectivity index (χ1n) is 10.1. The summed E-state index contributed by atoms with van der Waals surface area (Å²) in [5.41, 5.74) is 0. The molecule has 0 spiro atoms. The molecular weight excluding hydrogens is 412 g/mol. The summed E-state index contributed by atoms with van der Waals surface area (Å²) in [6.45, 7) is 2.99. The minimum atomic E-state index is -3.46. The standard InChI is InChI=1S/C18H26N6O3S2/c25-15(19-17-20-18(22-21-17)23-9-3-1-4-10-23)13-14-7-8-16(28-14)29(26,27)24-11-5-2-6-12-24/h7-8H,1-6,9-13H2,(H2,19,20,21,22,25). The van der Waals surface area contributed by atoms with E-state index < -0.39 is 10.0 Å².